The van der Waals surface area contributed by atoms with Gasteiger partial charge in [-0.25, -0.2) is 9.97 Å². The Kier molecular flexibility index (Phi) is 1.98. The van der Waals surface area contributed by atoms with Crippen LogP contribution >= 0.6 is 0 Å². The third kappa shape index (κ3) is 1.29. The average molecular weight is 176 g/mol. The molecule has 0 bridgehead atoms. The van der Waals surface area contributed by atoms with Crippen molar-refractivity contribution in [3.63, 3.8) is 0 Å². The quantitative estimate of drug-likeness (QED) is 0.710. The zero-order valence-corrected chi connectivity index (χ0v) is 7.54. The molecule has 2 aromatic heterocycles. The summed E-state index contributed by atoms with van der Waals surface area (Å²) in [6.07, 6.45) is 4.38. The van der Waals surface area contributed by atoms with E-state index in [1.54, 1.807) is 6.33 Å². The maximum atomic E-state index is 5.50. The van der Waals surface area contributed by atoms with Crippen LogP contribution in [0.25, 0.3) is 11.2 Å². The van der Waals surface area contributed by atoms with E-state index in [1.165, 1.54) is 11.1 Å². The summed E-state index contributed by atoms with van der Waals surface area (Å²) in [6.45, 7) is 2.72. The van der Waals surface area contributed by atoms with Gasteiger partial charge in [-0.05, 0) is 31.0 Å². The number of imidazole rings is 1. The molecule has 13 heavy (non-hydrogen) atoms. The number of nitrogens with two attached hydrogens (primary N) is 1. The van der Waals surface area contributed by atoms with Gasteiger partial charge in [-0.1, -0.05) is 0 Å². The number of rotatable bonds is 2. The Bertz CT molecular complexity index is 418. The zero-order chi connectivity index (χ0) is 9.26. The molecule has 2 heterocycles. The molecule has 0 saturated carbocycles. The van der Waals surface area contributed by atoms with Gasteiger partial charge in [0.1, 0.15) is 0 Å². The molecule has 0 aliphatic heterocycles. The first-order chi connectivity index (χ1) is 6.33. The van der Waals surface area contributed by atoms with Gasteiger partial charge in [0.05, 0.1) is 11.8 Å². The molecule has 0 aliphatic rings. The monoisotopic (exact) mass is 176 g/mol. The molecule has 4 heteroatoms. The molecule has 0 spiro atoms. The van der Waals surface area contributed by atoms with E-state index in [-0.39, 0.29) is 0 Å². The van der Waals surface area contributed by atoms with E-state index in [1.807, 2.05) is 6.20 Å². The molecule has 0 aliphatic carbocycles. The number of H-pyrrole nitrogens is 1. The predicted molar refractivity (Wildman–Crippen MR) is 51.4 cm³/mol. The van der Waals surface area contributed by atoms with Crippen molar-refractivity contribution in [2.45, 2.75) is 13.3 Å². The van der Waals surface area contributed by atoms with Gasteiger partial charge in [0.2, 0.25) is 0 Å². The molecule has 0 amide bonds. The van der Waals surface area contributed by atoms with E-state index in [9.17, 15) is 0 Å². The Morgan fingerprint density at radius 2 is 2.31 bits per heavy atom. The molecular weight excluding hydrogens is 164 g/mol. The molecule has 0 saturated heterocycles. The fraction of sp³-hybridized carbons (Fsp3) is 0.333. The molecule has 0 atom stereocenters. The van der Waals surface area contributed by atoms with Crippen molar-refractivity contribution in [2.75, 3.05) is 6.54 Å². The highest BCUT2D eigenvalue weighted by molar-refractivity contribution is 5.74. The number of aryl methyl sites for hydroxylation is 1. The van der Waals surface area contributed by atoms with E-state index in [2.05, 4.69) is 21.9 Å². The highest BCUT2D eigenvalue weighted by atomic mass is 14.9. The summed E-state index contributed by atoms with van der Waals surface area (Å²) >= 11 is 0. The summed E-state index contributed by atoms with van der Waals surface area (Å²) in [7, 11) is 0. The third-order valence-electron chi connectivity index (χ3n) is 2.23. The third-order valence-corrected chi connectivity index (χ3v) is 2.23. The normalized spacial score (nSPS) is 10.9. The lowest BCUT2D eigenvalue weighted by Crippen LogP contribution is -2.04. The van der Waals surface area contributed by atoms with Gasteiger partial charge in [-0.15, -0.1) is 0 Å². The van der Waals surface area contributed by atoms with Crippen LogP contribution in [0.5, 0.6) is 0 Å². The number of nitrogens with zero attached hydrogens (tertiary/aromatic N) is 2. The summed E-state index contributed by atoms with van der Waals surface area (Å²) in [5.41, 5.74) is 9.69. The van der Waals surface area contributed by atoms with Gasteiger partial charge in [0.15, 0.2) is 5.65 Å². The topological polar surface area (TPSA) is 67.6 Å². The summed E-state index contributed by atoms with van der Waals surface area (Å²) in [6, 6.07) is 0. The molecule has 0 fully saturated rings. The Hall–Kier alpha value is -1.42. The minimum absolute atomic E-state index is 0.655. The second-order valence-electron chi connectivity index (χ2n) is 3.05. The first kappa shape index (κ1) is 8.19. The number of pyridine rings is 1. The van der Waals surface area contributed by atoms with E-state index in [0.717, 1.165) is 17.6 Å². The molecule has 2 aromatic rings. The number of hydrogen-bond donors (Lipinski definition) is 2. The Balaban J connectivity index is 2.59. The molecule has 68 valence electrons. The van der Waals surface area contributed by atoms with E-state index < -0.39 is 0 Å². The SMILES string of the molecule is Cc1c(CCN)cnc2nc[nH]c12. The fourth-order valence-corrected chi connectivity index (χ4v) is 1.46. The molecular formula is C9H12N4. The van der Waals surface area contributed by atoms with Gasteiger partial charge in [0, 0.05) is 6.20 Å². The van der Waals surface area contributed by atoms with Gasteiger partial charge in [-0.2, -0.15) is 0 Å². The minimum atomic E-state index is 0.655. The van der Waals surface area contributed by atoms with Gasteiger partial charge in [0.25, 0.3) is 0 Å². The van der Waals surface area contributed by atoms with Crippen LogP contribution in [0.4, 0.5) is 0 Å². The van der Waals surface area contributed by atoms with Gasteiger partial charge < -0.3 is 10.7 Å². The first-order valence-corrected chi connectivity index (χ1v) is 4.30. The standard InChI is InChI=1S/C9H12N4/c1-6-7(2-3-10)4-11-9-8(6)12-5-13-9/h4-5H,2-3,10H2,1H3,(H,11,12,13). The minimum Gasteiger partial charge on any atom is -0.343 e. The summed E-state index contributed by atoms with van der Waals surface area (Å²) < 4.78 is 0. The molecule has 4 nitrogen and oxygen atoms in total. The van der Waals surface area contributed by atoms with Crippen LogP contribution in [-0.2, 0) is 6.42 Å². The number of hydrogen-bond acceptors (Lipinski definition) is 3. The fourth-order valence-electron chi connectivity index (χ4n) is 1.46. The van der Waals surface area contributed by atoms with Crippen molar-refractivity contribution in [3.05, 3.63) is 23.7 Å². The molecule has 3 N–H and O–H groups in total. The summed E-state index contributed by atoms with van der Waals surface area (Å²) in [5, 5.41) is 0. The van der Waals surface area contributed by atoms with Crippen LogP contribution in [0.3, 0.4) is 0 Å². The number of nitrogens with one attached hydrogen (secondary N) is 1. The lowest BCUT2D eigenvalue weighted by Gasteiger charge is -2.03. The van der Waals surface area contributed by atoms with Crippen molar-refractivity contribution < 1.29 is 0 Å². The lowest BCUT2D eigenvalue weighted by atomic mass is 10.1. The largest absolute Gasteiger partial charge is 0.343 e. The molecule has 2 rings (SSSR count). The first-order valence-electron chi connectivity index (χ1n) is 4.30. The number of aromatic amines is 1. The van der Waals surface area contributed by atoms with Crippen molar-refractivity contribution in [1.29, 1.82) is 0 Å². The van der Waals surface area contributed by atoms with Gasteiger partial charge >= 0.3 is 0 Å². The molecule has 0 unspecified atom stereocenters. The van der Waals surface area contributed by atoms with E-state index in [4.69, 9.17) is 5.73 Å². The molecule has 0 aromatic carbocycles. The maximum Gasteiger partial charge on any atom is 0.177 e. The lowest BCUT2D eigenvalue weighted by molar-refractivity contribution is 0.952. The Morgan fingerprint density at radius 3 is 3.08 bits per heavy atom. The summed E-state index contributed by atoms with van der Waals surface area (Å²) in [4.78, 5) is 11.4. The van der Waals surface area contributed by atoms with Crippen molar-refractivity contribution >= 4 is 11.2 Å². The highest BCUT2D eigenvalue weighted by Gasteiger charge is 2.05. The van der Waals surface area contributed by atoms with Crippen molar-refractivity contribution in [2.24, 2.45) is 5.73 Å². The number of aromatic nitrogens is 3. The van der Waals surface area contributed by atoms with Crippen molar-refractivity contribution in [1.82, 2.24) is 15.0 Å². The predicted octanol–water partition coefficient (Wildman–Crippen LogP) is 0.768. The second kappa shape index (κ2) is 3.14. The van der Waals surface area contributed by atoms with Crippen molar-refractivity contribution in [3.8, 4) is 0 Å². The average Bonchev–Trinajstić information content (AvgIpc) is 2.58. The maximum absolute atomic E-state index is 5.50. The van der Waals surface area contributed by atoms with Crippen LogP contribution in [-0.4, -0.2) is 21.5 Å². The highest BCUT2D eigenvalue weighted by Crippen LogP contribution is 2.15. The van der Waals surface area contributed by atoms with Crippen LogP contribution in [0, 0.1) is 6.92 Å². The second-order valence-corrected chi connectivity index (χ2v) is 3.05. The van der Waals surface area contributed by atoms with Crippen LogP contribution in [0.15, 0.2) is 12.5 Å². The van der Waals surface area contributed by atoms with E-state index >= 15 is 0 Å². The molecule has 0 radical (unpaired) electrons. The van der Waals surface area contributed by atoms with E-state index in [0.29, 0.717) is 6.54 Å². The van der Waals surface area contributed by atoms with Gasteiger partial charge in [-0.3, -0.25) is 0 Å². The Morgan fingerprint density at radius 1 is 1.46 bits per heavy atom. The van der Waals surface area contributed by atoms with Crippen LogP contribution < -0.4 is 5.73 Å². The summed E-state index contributed by atoms with van der Waals surface area (Å²) in [5.74, 6) is 0. The number of fused-ring (bicyclic) bond motifs is 1. The Labute approximate surface area is 76.2 Å². The zero-order valence-electron chi connectivity index (χ0n) is 7.54. The van der Waals surface area contributed by atoms with Crippen LogP contribution in [0.2, 0.25) is 0 Å². The smallest absolute Gasteiger partial charge is 0.177 e. The van der Waals surface area contributed by atoms with Crippen LogP contribution in [0.1, 0.15) is 11.1 Å².